The molecule has 0 aliphatic carbocycles. The predicted molar refractivity (Wildman–Crippen MR) is 121 cm³/mol. The van der Waals surface area contributed by atoms with Crippen molar-refractivity contribution in [1.29, 1.82) is 0 Å². The molecule has 7 heteroatoms. The Morgan fingerprint density at radius 3 is 2.56 bits per heavy atom. The zero-order chi connectivity index (χ0) is 22.2. The molecule has 0 fully saturated rings. The van der Waals surface area contributed by atoms with Gasteiger partial charge in [-0.2, -0.15) is 0 Å². The number of amides is 1. The van der Waals surface area contributed by atoms with Crippen molar-refractivity contribution in [3.8, 4) is 11.3 Å². The van der Waals surface area contributed by atoms with Gasteiger partial charge in [-0.3, -0.25) is 14.8 Å². The number of aromatic nitrogens is 3. The fourth-order valence-corrected chi connectivity index (χ4v) is 3.19. The van der Waals surface area contributed by atoms with Gasteiger partial charge in [-0.05, 0) is 60.2 Å². The van der Waals surface area contributed by atoms with Crippen LogP contribution >= 0.6 is 0 Å². The first-order valence-corrected chi connectivity index (χ1v) is 10.3. The predicted octanol–water partition coefficient (Wildman–Crippen LogP) is 4.26. The maximum atomic E-state index is 13.3. The Bertz CT molecular complexity index is 1170. The van der Waals surface area contributed by atoms with Crippen LogP contribution in [-0.4, -0.2) is 27.4 Å². The summed E-state index contributed by atoms with van der Waals surface area (Å²) in [6, 6.07) is 19.1. The van der Waals surface area contributed by atoms with Gasteiger partial charge in [-0.1, -0.05) is 12.1 Å². The SMILES string of the molecule is O=C(NCc1cccnc1)c1ccc(-c2ccc(F)cc2)nc1NCCc1ccccn1. The summed E-state index contributed by atoms with van der Waals surface area (Å²) in [5.74, 6) is -0.0901. The van der Waals surface area contributed by atoms with Crippen LogP contribution in [-0.2, 0) is 13.0 Å². The van der Waals surface area contributed by atoms with Crippen molar-refractivity contribution < 1.29 is 9.18 Å². The summed E-state index contributed by atoms with van der Waals surface area (Å²) in [6.45, 7) is 0.916. The van der Waals surface area contributed by atoms with E-state index in [1.165, 1.54) is 12.1 Å². The maximum absolute atomic E-state index is 13.3. The number of carbonyl (C=O) groups is 1. The minimum Gasteiger partial charge on any atom is -0.369 e. The summed E-state index contributed by atoms with van der Waals surface area (Å²) in [5.41, 5.74) is 3.69. The molecule has 0 unspecified atom stereocenters. The van der Waals surface area contributed by atoms with Crippen LogP contribution in [0.3, 0.4) is 0 Å². The van der Waals surface area contributed by atoms with Crippen LogP contribution in [0.2, 0.25) is 0 Å². The zero-order valence-electron chi connectivity index (χ0n) is 17.3. The third-order valence-corrected chi connectivity index (χ3v) is 4.86. The molecule has 2 N–H and O–H groups in total. The van der Waals surface area contributed by atoms with Crippen molar-refractivity contribution in [2.45, 2.75) is 13.0 Å². The standard InChI is InChI=1S/C25H22FN5O/c26-20-8-6-19(7-9-20)23-11-10-22(25(32)30-17-18-4-3-13-27-16-18)24(31-23)29-15-12-21-5-1-2-14-28-21/h1-11,13-14,16H,12,15,17H2,(H,29,31)(H,30,32). The lowest BCUT2D eigenvalue weighted by atomic mass is 10.1. The first-order chi connectivity index (χ1) is 15.7. The molecule has 3 aromatic heterocycles. The van der Waals surface area contributed by atoms with Gasteiger partial charge in [0.1, 0.15) is 11.6 Å². The lowest BCUT2D eigenvalue weighted by Crippen LogP contribution is -2.25. The summed E-state index contributed by atoms with van der Waals surface area (Å²) in [4.78, 5) is 25.9. The average Bonchev–Trinajstić information content (AvgIpc) is 2.84. The van der Waals surface area contributed by atoms with E-state index in [9.17, 15) is 9.18 Å². The van der Waals surface area contributed by atoms with E-state index in [4.69, 9.17) is 0 Å². The van der Waals surface area contributed by atoms with E-state index in [2.05, 4.69) is 25.6 Å². The molecule has 4 aromatic rings. The molecule has 1 aromatic carbocycles. The summed E-state index contributed by atoms with van der Waals surface area (Å²) < 4.78 is 13.3. The molecule has 0 spiro atoms. The fraction of sp³-hybridized carbons (Fsp3) is 0.120. The van der Waals surface area contributed by atoms with E-state index < -0.39 is 0 Å². The Balaban J connectivity index is 1.54. The average molecular weight is 427 g/mol. The molecule has 0 radical (unpaired) electrons. The zero-order valence-corrected chi connectivity index (χ0v) is 17.3. The van der Waals surface area contributed by atoms with Crippen LogP contribution < -0.4 is 10.6 Å². The van der Waals surface area contributed by atoms with Gasteiger partial charge in [0.05, 0.1) is 11.3 Å². The highest BCUT2D eigenvalue weighted by Gasteiger charge is 2.14. The van der Waals surface area contributed by atoms with Crippen molar-refractivity contribution >= 4 is 11.7 Å². The number of hydrogen-bond donors (Lipinski definition) is 2. The Morgan fingerprint density at radius 2 is 1.81 bits per heavy atom. The van der Waals surface area contributed by atoms with Crippen LogP contribution in [0.1, 0.15) is 21.6 Å². The number of nitrogens with one attached hydrogen (secondary N) is 2. The quantitative estimate of drug-likeness (QED) is 0.439. The fourth-order valence-electron chi connectivity index (χ4n) is 3.19. The van der Waals surface area contributed by atoms with Gasteiger partial charge in [-0.15, -0.1) is 0 Å². The largest absolute Gasteiger partial charge is 0.369 e. The molecular weight excluding hydrogens is 405 g/mol. The molecule has 4 rings (SSSR count). The van der Waals surface area contributed by atoms with Gasteiger partial charge in [0.2, 0.25) is 0 Å². The molecular formula is C25H22FN5O. The Labute approximate surface area is 185 Å². The second-order valence-electron chi connectivity index (χ2n) is 7.14. The number of carbonyl (C=O) groups excluding carboxylic acids is 1. The molecule has 0 aliphatic heterocycles. The monoisotopic (exact) mass is 427 g/mol. The molecule has 3 heterocycles. The van der Waals surface area contributed by atoms with Crippen molar-refractivity contribution in [3.63, 3.8) is 0 Å². The lowest BCUT2D eigenvalue weighted by molar-refractivity contribution is 0.0951. The lowest BCUT2D eigenvalue weighted by Gasteiger charge is -2.13. The molecule has 0 atom stereocenters. The van der Waals surface area contributed by atoms with Crippen LogP contribution in [0.15, 0.2) is 85.3 Å². The third-order valence-electron chi connectivity index (χ3n) is 4.86. The van der Waals surface area contributed by atoms with Gasteiger partial charge < -0.3 is 10.6 Å². The third kappa shape index (κ3) is 5.51. The highest BCUT2D eigenvalue weighted by Crippen LogP contribution is 2.22. The minimum atomic E-state index is -0.311. The molecule has 6 nitrogen and oxygen atoms in total. The summed E-state index contributed by atoms with van der Waals surface area (Å²) >= 11 is 0. The molecule has 1 amide bonds. The van der Waals surface area contributed by atoms with Crippen molar-refractivity contribution in [1.82, 2.24) is 20.3 Å². The van der Waals surface area contributed by atoms with Gasteiger partial charge >= 0.3 is 0 Å². The molecule has 160 valence electrons. The minimum absolute atomic E-state index is 0.243. The Morgan fingerprint density at radius 1 is 0.938 bits per heavy atom. The van der Waals surface area contributed by atoms with Crippen LogP contribution in [0.25, 0.3) is 11.3 Å². The summed E-state index contributed by atoms with van der Waals surface area (Å²) in [5, 5.41) is 6.17. The van der Waals surface area contributed by atoms with Crippen LogP contribution in [0.5, 0.6) is 0 Å². The van der Waals surface area contributed by atoms with E-state index in [-0.39, 0.29) is 11.7 Å². The number of anilines is 1. The van der Waals surface area contributed by atoms with Gasteiger partial charge in [0, 0.05) is 49.4 Å². The van der Waals surface area contributed by atoms with Gasteiger partial charge in [-0.25, -0.2) is 9.37 Å². The van der Waals surface area contributed by atoms with E-state index in [0.29, 0.717) is 36.6 Å². The topological polar surface area (TPSA) is 79.8 Å². The van der Waals surface area contributed by atoms with Crippen LogP contribution in [0, 0.1) is 5.82 Å². The number of hydrogen-bond acceptors (Lipinski definition) is 5. The smallest absolute Gasteiger partial charge is 0.255 e. The maximum Gasteiger partial charge on any atom is 0.255 e. The van der Waals surface area contributed by atoms with Gasteiger partial charge in [0.25, 0.3) is 5.91 Å². The highest BCUT2D eigenvalue weighted by molar-refractivity contribution is 5.99. The number of benzene rings is 1. The first kappa shape index (κ1) is 21.1. The second kappa shape index (κ2) is 10.3. The van der Waals surface area contributed by atoms with Gasteiger partial charge in [0.15, 0.2) is 0 Å². The Kier molecular flexibility index (Phi) is 6.77. The number of nitrogens with zero attached hydrogens (tertiary/aromatic N) is 3. The summed E-state index contributed by atoms with van der Waals surface area (Å²) in [6.07, 6.45) is 5.83. The molecule has 0 bridgehead atoms. The van der Waals surface area contributed by atoms with E-state index >= 15 is 0 Å². The Hall–Kier alpha value is -4.13. The van der Waals surface area contributed by atoms with E-state index in [1.54, 1.807) is 42.9 Å². The highest BCUT2D eigenvalue weighted by atomic mass is 19.1. The van der Waals surface area contributed by atoms with Crippen molar-refractivity contribution in [2.24, 2.45) is 0 Å². The second-order valence-corrected chi connectivity index (χ2v) is 7.14. The molecule has 0 saturated carbocycles. The summed E-state index contributed by atoms with van der Waals surface area (Å²) in [7, 11) is 0. The number of pyridine rings is 3. The van der Waals surface area contributed by atoms with Crippen LogP contribution in [0.4, 0.5) is 10.2 Å². The first-order valence-electron chi connectivity index (χ1n) is 10.3. The molecule has 32 heavy (non-hydrogen) atoms. The van der Waals surface area contributed by atoms with Crippen molar-refractivity contribution in [2.75, 3.05) is 11.9 Å². The number of halogens is 1. The normalized spacial score (nSPS) is 10.5. The molecule has 0 saturated heterocycles. The van der Waals surface area contributed by atoms with Crippen molar-refractivity contribution in [3.05, 3.63) is 108 Å². The van der Waals surface area contributed by atoms with E-state index in [0.717, 1.165) is 16.8 Å². The van der Waals surface area contributed by atoms with E-state index in [1.807, 2.05) is 30.3 Å². The molecule has 0 aliphatic rings. The number of rotatable bonds is 8.